The second-order valence-electron chi connectivity index (χ2n) is 4.27. The van der Waals surface area contributed by atoms with Crippen LogP contribution in [0.4, 0.5) is 0 Å². The molecule has 1 aromatic rings. The van der Waals surface area contributed by atoms with E-state index in [0.717, 1.165) is 10.4 Å². The molecule has 0 radical (unpaired) electrons. The van der Waals surface area contributed by atoms with E-state index in [-0.39, 0.29) is 12.3 Å². The minimum atomic E-state index is -0.901. The molecule has 0 bridgehead atoms. The summed E-state index contributed by atoms with van der Waals surface area (Å²) >= 11 is 1.42. The zero-order valence-corrected chi connectivity index (χ0v) is 10.9. The predicted octanol–water partition coefficient (Wildman–Crippen LogP) is 1.37. The smallest absolute Gasteiger partial charge is 0.306 e. The van der Waals surface area contributed by atoms with Gasteiger partial charge in [-0.15, -0.1) is 11.3 Å². The second kappa shape index (κ2) is 5.49. The van der Waals surface area contributed by atoms with Gasteiger partial charge in [0.2, 0.25) is 0 Å². The van der Waals surface area contributed by atoms with Crippen LogP contribution in [0.15, 0.2) is 11.4 Å². The largest absolute Gasteiger partial charge is 0.481 e. The van der Waals surface area contributed by atoms with Crippen molar-refractivity contribution < 1.29 is 19.4 Å². The number of morpholine rings is 1. The van der Waals surface area contributed by atoms with Crippen LogP contribution in [0.2, 0.25) is 0 Å². The zero-order valence-electron chi connectivity index (χ0n) is 10.1. The Balaban J connectivity index is 2.03. The summed E-state index contributed by atoms with van der Waals surface area (Å²) in [6.45, 7) is 3.17. The highest BCUT2D eigenvalue weighted by molar-refractivity contribution is 7.12. The molecule has 0 spiro atoms. The molecule has 1 N–H and O–H groups in total. The molecule has 0 unspecified atom stereocenters. The summed E-state index contributed by atoms with van der Waals surface area (Å²) < 4.78 is 5.35. The maximum atomic E-state index is 12.2. The summed E-state index contributed by atoms with van der Waals surface area (Å²) in [5.74, 6) is -0.928. The number of thiophene rings is 1. The average molecular weight is 269 g/mol. The minimum absolute atomic E-state index is 0.0267. The van der Waals surface area contributed by atoms with Gasteiger partial charge in [-0.25, -0.2) is 0 Å². The molecule has 1 aliphatic heterocycles. The summed E-state index contributed by atoms with van der Waals surface area (Å²) in [6.07, 6.45) is -0.465. The highest BCUT2D eigenvalue weighted by atomic mass is 32.1. The van der Waals surface area contributed by atoms with E-state index in [1.807, 2.05) is 18.4 Å². The van der Waals surface area contributed by atoms with Gasteiger partial charge >= 0.3 is 5.97 Å². The summed E-state index contributed by atoms with van der Waals surface area (Å²) in [6, 6.07) is 1.91. The molecule has 2 heterocycles. The zero-order chi connectivity index (χ0) is 13.1. The SMILES string of the molecule is Cc1ccsc1C(=O)N1CCO[C@H](CC(=O)O)C1. The van der Waals surface area contributed by atoms with Crippen LogP contribution in [0.5, 0.6) is 0 Å². The van der Waals surface area contributed by atoms with Crippen LogP contribution in [0.1, 0.15) is 21.7 Å². The number of ether oxygens (including phenoxy) is 1. The maximum absolute atomic E-state index is 12.2. The fourth-order valence-corrected chi connectivity index (χ4v) is 2.85. The predicted molar refractivity (Wildman–Crippen MR) is 67.0 cm³/mol. The number of nitrogens with zero attached hydrogens (tertiary/aromatic N) is 1. The molecule has 18 heavy (non-hydrogen) atoms. The molecule has 1 aromatic heterocycles. The van der Waals surface area contributed by atoms with E-state index in [9.17, 15) is 9.59 Å². The first-order chi connectivity index (χ1) is 8.58. The highest BCUT2D eigenvalue weighted by Crippen LogP contribution is 2.20. The van der Waals surface area contributed by atoms with Crippen molar-refractivity contribution in [2.24, 2.45) is 0 Å². The quantitative estimate of drug-likeness (QED) is 0.900. The molecule has 6 heteroatoms. The molecule has 98 valence electrons. The van der Waals surface area contributed by atoms with Gasteiger partial charge in [0.05, 0.1) is 24.0 Å². The van der Waals surface area contributed by atoms with Crippen molar-refractivity contribution >= 4 is 23.2 Å². The third kappa shape index (κ3) is 2.88. The molecular formula is C12H15NO4S. The highest BCUT2D eigenvalue weighted by Gasteiger charge is 2.27. The topological polar surface area (TPSA) is 66.8 Å². The Kier molecular flexibility index (Phi) is 3.98. The Morgan fingerprint density at radius 3 is 3.00 bits per heavy atom. The first-order valence-electron chi connectivity index (χ1n) is 5.74. The maximum Gasteiger partial charge on any atom is 0.306 e. The lowest BCUT2D eigenvalue weighted by molar-refractivity contribution is -0.141. The first kappa shape index (κ1) is 13.0. The van der Waals surface area contributed by atoms with Crippen LogP contribution in [0, 0.1) is 6.92 Å². The Morgan fingerprint density at radius 1 is 1.61 bits per heavy atom. The van der Waals surface area contributed by atoms with Crippen LogP contribution in [0.25, 0.3) is 0 Å². The van der Waals surface area contributed by atoms with Gasteiger partial charge in [-0.2, -0.15) is 0 Å². The Morgan fingerprint density at radius 2 is 2.39 bits per heavy atom. The molecule has 1 amide bonds. The van der Waals surface area contributed by atoms with Crippen LogP contribution < -0.4 is 0 Å². The van der Waals surface area contributed by atoms with E-state index in [4.69, 9.17) is 9.84 Å². The number of hydrogen-bond acceptors (Lipinski definition) is 4. The van der Waals surface area contributed by atoms with Crippen molar-refractivity contribution in [2.45, 2.75) is 19.4 Å². The molecule has 1 atom stereocenters. The molecule has 1 saturated heterocycles. The third-order valence-electron chi connectivity index (χ3n) is 2.88. The van der Waals surface area contributed by atoms with Crippen molar-refractivity contribution in [3.05, 3.63) is 21.9 Å². The Hall–Kier alpha value is -1.40. The summed E-state index contributed by atoms with van der Waals surface area (Å²) in [7, 11) is 0. The molecule has 5 nitrogen and oxygen atoms in total. The van der Waals surface area contributed by atoms with Gasteiger partial charge in [0.25, 0.3) is 5.91 Å². The fourth-order valence-electron chi connectivity index (χ4n) is 1.96. The van der Waals surface area contributed by atoms with E-state index in [1.54, 1.807) is 4.90 Å². The molecule has 1 fully saturated rings. The van der Waals surface area contributed by atoms with Gasteiger partial charge in [0, 0.05) is 13.1 Å². The van der Waals surface area contributed by atoms with Crippen LogP contribution in [-0.2, 0) is 9.53 Å². The monoisotopic (exact) mass is 269 g/mol. The van der Waals surface area contributed by atoms with Crippen molar-refractivity contribution in [1.82, 2.24) is 4.90 Å². The van der Waals surface area contributed by atoms with Crippen molar-refractivity contribution in [3.8, 4) is 0 Å². The first-order valence-corrected chi connectivity index (χ1v) is 6.62. The van der Waals surface area contributed by atoms with Crippen molar-refractivity contribution in [3.63, 3.8) is 0 Å². The van der Waals surface area contributed by atoms with Gasteiger partial charge < -0.3 is 14.7 Å². The normalized spacial score (nSPS) is 19.8. The molecule has 1 aliphatic rings. The lowest BCUT2D eigenvalue weighted by Crippen LogP contribution is -2.46. The lowest BCUT2D eigenvalue weighted by Gasteiger charge is -2.32. The van der Waals surface area contributed by atoms with Crippen LogP contribution >= 0.6 is 11.3 Å². The third-order valence-corrected chi connectivity index (χ3v) is 3.89. The summed E-state index contributed by atoms with van der Waals surface area (Å²) in [5.41, 5.74) is 0.964. The Bertz CT molecular complexity index is 457. The van der Waals surface area contributed by atoms with Crippen LogP contribution in [-0.4, -0.2) is 47.7 Å². The number of hydrogen-bond donors (Lipinski definition) is 1. The average Bonchev–Trinajstić information content (AvgIpc) is 2.74. The van der Waals surface area contributed by atoms with Gasteiger partial charge in [0.15, 0.2) is 0 Å². The van der Waals surface area contributed by atoms with E-state index >= 15 is 0 Å². The summed E-state index contributed by atoms with van der Waals surface area (Å²) in [5, 5.41) is 10.6. The number of rotatable bonds is 3. The summed E-state index contributed by atoms with van der Waals surface area (Å²) in [4.78, 5) is 25.3. The number of carboxylic acid groups (broad SMARTS) is 1. The number of carboxylic acids is 1. The van der Waals surface area contributed by atoms with Gasteiger partial charge in [0.1, 0.15) is 0 Å². The molecule has 0 aromatic carbocycles. The van der Waals surface area contributed by atoms with Gasteiger partial charge in [-0.1, -0.05) is 0 Å². The number of aryl methyl sites for hydroxylation is 1. The fraction of sp³-hybridized carbons (Fsp3) is 0.500. The molecule has 2 rings (SSSR count). The number of carbonyl (C=O) groups excluding carboxylic acids is 1. The number of carbonyl (C=O) groups is 2. The lowest BCUT2D eigenvalue weighted by atomic mass is 10.2. The van der Waals surface area contributed by atoms with E-state index in [1.165, 1.54) is 11.3 Å². The number of aliphatic carboxylic acids is 1. The molecule has 0 saturated carbocycles. The van der Waals surface area contributed by atoms with E-state index < -0.39 is 12.1 Å². The molecular weight excluding hydrogens is 254 g/mol. The van der Waals surface area contributed by atoms with Crippen molar-refractivity contribution in [2.75, 3.05) is 19.7 Å². The molecule has 0 aliphatic carbocycles. The van der Waals surface area contributed by atoms with Gasteiger partial charge in [-0.3, -0.25) is 9.59 Å². The minimum Gasteiger partial charge on any atom is -0.481 e. The van der Waals surface area contributed by atoms with E-state index in [2.05, 4.69) is 0 Å². The second-order valence-corrected chi connectivity index (χ2v) is 5.19. The Labute approximate surface area is 109 Å². The van der Waals surface area contributed by atoms with Gasteiger partial charge in [-0.05, 0) is 23.9 Å². The number of amides is 1. The van der Waals surface area contributed by atoms with Crippen molar-refractivity contribution in [1.29, 1.82) is 0 Å². The standard InChI is InChI=1S/C12H15NO4S/c1-8-2-5-18-11(8)12(16)13-3-4-17-9(7-13)6-10(14)15/h2,5,9H,3-4,6-7H2,1H3,(H,14,15)/t9-/m1/s1. The van der Waals surface area contributed by atoms with Crippen LogP contribution in [0.3, 0.4) is 0 Å². The van der Waals surface area contributed by atoms with E-state index in [0.29, 0.717) is 19.7 Å².